The molecular weight excluding hydrogens is 346 g/mol. The van der Waals surface area contributed by atoms with Crippen LogP contribution < -0.4 is 10.1 Å². The summed E-state index contributed by atoms with van der Waals surface area (Å²) in [7, 11) is 0. The second-order valence-corrected chi connectivity index (χ2v) is 7.28. The lowest BCUT2D eigenvalue weighted by Gasteiger charge is -2.28. The average Bonchev–Trinajstić information content (AvgIpc) is 3.46. The van der Waals surface area contributed by atoms with Gasteiger partial charge in [-0.2, -0.15) is 0 Å². The van der Waals surface area contributed by atoms with E-state index in [0.29, 0.717) is 23.6 Å². The lowest BCUT2D eigenvalue weighted by molar-refractivity contribution is -0.142. The molecule has 6 heteroatoms. The summed E-state index contributed by atoms with van der Waals surface area (Å²) in [6.07, 6.45) is 2.74. The van der Waals surface area contributed by atoms with Crippen LogP contribution in [0.5, 0.6) is 5.75 Å². The molecule has 2 rings (SSSR count). The van der Waals surface area contributed by atoms with Crippen molar-refractivity contribution in [1.29, 1.82) is 0 Å². The highest BCUT2D eigenvalue weighted by molar-refractivity contribution is 6.00. The molecule has 1 atom stereocenters. The second kappa shape index (κ2) is 9.22. The van der Waals surface area contributed by atoms with Crippen molar-refractivity contribution in [2.24, 2.45) is 5.92 Å². The van der Waals surface area contributed by atoms with Gasteiger partial charge in [0.25, 0.3) is 5.91 Å². The molecule has 27 heavy (non-hydrogen) atoms. The second-order valence-electron chi connectivity index (χ2n) is 7.28. The number of carbonyl (C=O) groups excluding carboxylic acids is 2. The van der Waals surface area contributed by atoms with Crippen LogP contribution in [0.3, 0.4) is 0 Å². The van der Waals surface area contributed by atoms with Crippen LogP contribution in [0.25, 0.3) is 0 Å². The minimum atomic E-state index is -0.854. The molecule has 1 aliphatic rings. The van der Waals surface area contributed by atoms with Crippen molar-refractivity contribution in [2.45, 2.75) is 65.6 Å². The first-order valence-corrected chi connectivity index (χ1v) is 9.75. The van der Waals surface area contributed by atoms with E-state index in [9.17, 15) is 9.59 Å². The van der Waals surface area contributed by atoms with E-state index in [4.69, 9.17) is 14.2 Å². The molecule has 0 radical (unpaired) electrons. The molecule has 6 nitrogen and oxygen atoms in total. The van der Waals surface area contributed by atoms with E-state index in [1.807, 2.05) is 27.7 Å². The van der Waals surface area contributed by atoms with Gasteiger partial charge < -0.3 is 19.5 Å². The van der Waals surface area contributed by atoms with Gasteiger partial charge in [-0.3, -0.25) is 4.79 Å². The van der Waals surface area contributed by atoms with E-state index >= 15 is 0 Å². The molecule has 1 aromatic carbocycles. The fourth-order valence-corrected chi connectivity index (χ4v) is 2.91. The molecule has 0 aromatic heterocycles. The summed E-state index contributed by atoms with van der Waals surface area (Å²) in [5.74, 6) is 0.00739. The van der Waals surface area contributed by atoms with Crippen molar-refractivity contribution in [2.75, 3.05) is 18.5 Å². The zero-order valence-corrected chi connectivity index (χ0v) is 17.0. The SMILES string of the molecule is CCCO[C@](C)(C(=O)Nc1ccc(OC(C)C)c(C(=O)OCC)c1)C1CC1. The Morgan fingerprint density at radius 1 is 1.26 bits per heavy atom. The molecule has 1 aliphatic carbocycles. The van der Waals surface area contributed by atoms with E-state index in [1.54, 1.807) is 25.1 Å². The molecule has 0 aliphatic heterocycles. The molecule has 0 heterocycles. The molecule has 1 amide bonds. The Kier molecular flexibility index (Phi) is 7.25. The Bertz CT molecular complexity index is 669. The highest BCUT2D eigenvalue weighted by Gasteiger charge is 2.48. The van der Waals surface area contributed by atoms with E-state index < -0.39 is 11.6 Å². The van der Waals surface area contributed by atoms with Gasteiger partial charge >= 0.3 is 5.97 Å². The molecule has 1 fully saturated rings. The van der Waals surface area contributed by atoms with Crippen LogP contribution in [-0.4, -0.2) is 36.8 Å². The third kappa shape index (κ3) is 5.45. The van der Waals surface area contributed by atoms with Crippen molar-refractivity contribution >= 4 is 17.6 Å². The third-order valence-electron chi connectivity index (χ3n) is 4.51. The number of anilines is 1. The Labute approximate surface area is 161 Å². The summed E-state index contributed by atoms with van der Waals surface area (Å²) in [5.41, 5.74) is -0.0372. The molecular formula is C21H31NO5. The Hall–Kier alpha value is -2.08. The summed E-state index contributed by atoms with van der Waals surface area (Å²) < 4.78 is 16.7. The molecule has 0 spiro atoms. The van der Waals surface area contributed by atoms with Crippen LogP contribution in [0.15, 0.2) is 18.2 Å². The van der Waals surface area contributed by atoms with Crippen molar-refractivity contribution in [1.82, 2.24) is 0 Å². The van der Waals surface area contributed by atoms with Gasteiger partial charge in [0.1, 0.15) is 16.9 Å². The van der Waals surface area contributed by atoms with Gasteiger partial charge in [-0.25, -0.2) is 4.79 Å². The number of ether oxygens (including phenoxy) is 3. The van der Waals surface area contributed by atoms with Crippen LogP contribution in [0.4, 0.5) is 5.69 Å². The number of amides is 1. The molecule has 1 saturated carbocycles. The first kappa shape index (κ1) is 21.2. The maximum atomic E-state index is 12.9. The van der Waals surface area contributed by atoms with Gasteiger partial charge in [0, 0.05) is 12.3 Å². The Morgan fingerprint density at radius 3 is 2.52 bits per heavy atom. The van der Waals surface area contributed by atoms with Crippen LogP contribution >= 0.6 is 0 Å². The summed E-state index contributed by atoms with van der Waals surface area (Å²) in [6, 6.07) is 5.01. The predicted octanol–water partition coefficient (Wildman–Crippen LogP) is 4.18. The summed E-state index contributed by atoms with van der Waals surface area (Å²) in [5, 5.41) is 2.90. The number of esters is 1. The monoisotopic (exact) mass is 377 g/mol. The number of nitrogens with one attached hydrogen (secondary N) is 1. The summed E-state index contributed by atoms with van der Waals surface area (Å²) in [6.45, 7) is 10.2. The minimum absolute atomic E-state index is 0.0841. The van der Waals surface area contributed by atoms with Crippen molar-refractivity contribution in [3.8, 4) is 5.75 Å². The molecule has 0 unspecified atom stereocenters. The maximum absolute atomic E-state index is 12.9. The zero-order chi connectivity index (χ0) is 20.0. The third-order valence-corrected chi connectivity index (χ3v) is 4.51. The predicted molar refractivity (Wildman–Crippen MR) is 104 cm³/mol. The van der Waals surface area contributed by atoms with Gasteiger partial charge in [0.15, 0.2) is 0 Å². The van der Waals surface area contributed by atoms with Crippen LogP contribution in [-0.2, 0) is 14.3 Å². The van der Waals surface area contributed by atoms with Crippen LogP contribution in [0, 0.1) is 5.92 Å². The number of hydrogen-bond donors (Lipinski definition) is 1. The van der Waals surface area contributed by atoms with Crippen molar-refractivity contribution in [3.63, 3.8) is 0 Å². The normalized spacial score (nSPS) is 15.9. The highest BCUT2D eigenvalue weighted by Crippen LogP contribution is 2.42. The topological polar surface area (TPSA) is 73.9 Å². The standard InChI is InChI=1S/C21H31NO5/c1-6-12-26-21(5,15-8-9-15)20(24)22-16-10-11-18(27-14(3)4)17(13-16)19(23)25-7-2/h10-11,13-15H,6-9,12H2,1-5H3,(H,22,24)/t21-/m0/s1. The van der Waals surface area contributed by atoms with E-state index in [-0.39, 0.29) is 24.5 Å². The van der Waals surface area contributed by atoms with Gasteiger partial charge in [-0.1, -0.05) is 6.92 Å². The molecule has 0 saturated heterocycles. The number of rotatable bonds is 10. The largest absolute Gasteiger partial charge is 0.490 e. The highest BCUT2D eigenvalue weighted by atomic mass is 16.5. The van der Waals surface area contributed by atoms with Gasteiger partial charge in [0.05, 0.1) is 12.7 Å². The van der Waals surface area contributed by atoms with Crippen molar-refractivity contribution in [3.05, 3.63) is 23.8 Å². The fraction of sp³-hybridized carbons (Fsp3) is 0.619. The maximum Gasteiger partial charge on any atom is 0.341 e. The van der Waals surface area contributed by atoms with E-state index in [1.165, 1.54) is 0 Å². The van der Waals surface area contributed by atoms with Gasteiger partial charge in [-0.15, -0.1) is 0 Å². The number of benzene rings is 1. The first-order chi connectivity index (χ1) is 12.8. The quantitative estimate of drug-likeness (QED) is 0.619. The Morgan fingerprint density at radius 2 is 1.96 bits per heavy atom. The first-order valence-electron chi connectivity index (χ1n) is 9.75. The smallest absolute Gasteiger partial charge is 0.341 e. The molecule has 150 valence electrons. The molecule has 1 N–H and O–H groups in total. The average molecular weight is 377 g/mol. The minimum Gasteiger partial charge on any atom is -0.490 e. The van der Waals surface area contributed by atoms with Gasteiger partial charge in [-0.05, 0) is 71.1 Å². The Balaban J connectivity index is 2.23. The van der Waals surface area contributed by atoms with E-state index in [2.05, 4.69) is 5.32 Å². The van der Waals surface area contributed by atoms with Crippen molar-refractivity contribution < 1.29 is 23.8 Å². The summed E-state index contributed by atoms with van der Waals surface area (Å²) >= 11 is 0. The van der Waals surface area contributed by atoms with Gasteiger partial charge in [0.2, 0.25) is 0 Å². The summed E-state index contributed by atoms with van der Waals surface area (Å²) in [4.78, 5) is 25.2. The zero-order valence-electron chi connectivity index (χ0n) is 17.0. The van der Waals surface area contributed by atoms with E-state index in [0.717, 1.165) is 19.3 Å². The lowest BCUT2D eigenvalue weighted by atomic mass is 9.98. The number of carbonyl (C=O) groups is 2. The number of hydrogen-bond acceptors (Lipinski definition) is 5. The molecule has 1 aromatic rings. The van der Waals surface area contributed by atoms with Crippen LogP contribution in [0.1, 0.15) is 64.2 Å². The lowest BCUT2D eigenvalue weighted by Crippen LogP contribution is -2.45. The molecule has 0 bridgehead atoms. The van der Waals surface area contributed by atoms with Crippen LogP contribution in [0.2, 0.25) is 0 Å². The fourth-order valence-electron chi connectivity index (χ4n) is 2.91.